The number of hydrogen-bond donors (Lipinski definition) is 0. The SMILES string of the molecule is CCCCCC/C=C/CCCCCCCCCc1cccc2ccccc12. The molecule has 0 heteroatoms. The van der Waals surface area contributed by atoms with Gasteiger partial charge in [-0.2, -0.15) is 0 Å². The lowest BCUT2D eigenvalue weighted by Crippen LogP contribution is -1.88. The first-order chi connectivity index (χ1) is 13.4. The van der Waals surface area contributed by atoms with Crippen LogP contribution in [-0.4, -0.2) is 0 Å². The van der Waals surface area contributed by atoms with Gasteiger partial charge in [0.2, 0.25) is 0 Å². The molecule has 0 fully saturated rings. The van der Waals surface area contributed by atoms with Gasteiger partial charge in [0, 0.05) is 0 Å². The van der Waals surface area contributed by atoms with Gasteiger partial charge in [-0.25, -0.2) is 0 Å². The summed E-state index contributed by atoms with van der Waals surface area (Å²) in [6.07, 6.45) is 23.9. The van der Waals surface area contributed by atoms with Crippen molar-refractivity contribution in [3.8, 4) is 0 Å². The van der Waals surface area contributed by atoms with E-state index in [1.165, 1.54) is 106 Å². The molecule has 0 spiro atoms. The Bertz CT molecular complexity index is 632. The third-order valence-electron chi connectivity index (χ3n) is 5.59. The van der Waals surface area contributed by atoms with Crippen molar-refractivity contribution in [3.63, 3.8) is 0 Å². The molecule has 0 bridgehead atoms. The highest BCUT2D eigenvalue weighted by atomic mass is 14.0. The lowest BCUT2D eigenvalue weighted by atomic mass is 9.99. The van der Waals surface area contributed by atoms with Crippen molar-refractivity contribution in [2.45, 2.75) is 96.8 Å². The Morgan fingerprint density at radius 3 is 1.93 bits per heavy atom. The van der Waals surface area contributed by atoms with Crippen LogP contribution in [0.15, 0.2) is 54.6 Å². The van der Waals surface area contributed by atoms with E-state index in [2.05, 4.69) is 61.5 Å². The molecule has 0 atom stereocenters. The van der Waals surface area contributed by atoms with Crippen molar-refractivity contribution in [1.29, 1.82) is 0 Å². The number of benzene rings is 2. The van der Waals surface area contributed by atoms with Gasteiger partial charge in [0.1, 0.15) is 0 Å². The van der Waals surface area contributed by atoms with Gasteiger partial charge in [0.15, 0.2) is 0 Å². The number of aryl methyl sites for hydroxylation is 1. The number of hydrogen-bond acceptors (Lipinski definition) is 0. The molecule has 148 valence electrons. The smallest absolute Gasteiger partial charge is 0.0152 e. The standard InChI is InChI=1S/C27H40/c1-2-3-4-5-6-7-8-9-10-11-12-13-14-15-16-20-25-22-19-23-26-21-17-18-24-27(25)26/h7-8,17-19,21-24H,2-6,9-16,20H2,1H3/b8-7+. The minimum atomic E-state index is 1.23. The summed E-state index contributed by atoms with van der Waals surface area (Å²) in [5, 5.41) is 2.82. The first-order valence-electron chi connectivity index (χ1n) is 11.5. The van der Waals surface area contributed by atoms with Crippen LogP contribution >= 0.6 is 0 Å². The van der Waals surface area contributed by atoms with Crippen molar-refractivity contribution < 1.29 is 0 Å². The van der Waals surface area contributed by atoms with E-state index in [1.54, 1.807) is 0 Å². The molecule has 0 aliphatic rings. The van der Waals surface area contributed by atoms with E-state index in [1.807, 2.05) is 0 Å². The van der Waals surface area contributed by atoms with Crippen LogP contribution in [-0.2, 0) is 6.42 Å². The van der Waals surface area contributed by atoms with Crippen molar-refractivity contribution in [2.75, 3.05) is 0 Å². The van der Waals surface area contributed by atoms with Crippen molar-refractivity contribution >= 4 is 10.8 Å². The highest BCUT2D eigenvalue weighted by Gasteiger charge is 2.00. The summed E-state index contributed by atoms with van der Waals surface area (Å²) in [6, 6.07) is 15.5. The van der Waals surface area contributed by atoms with Crippen LogP contribution in [0.5, 0.6) is 0 Å². The third-order valence-corrected chi connectivity index (χ3v) is 5.59. The molecule has 2 aromatic rings. The van der Waals surface area contributed by atoms with Gasteiger partial charge in [-0.05, 0) is 54.9 Å². The summed E-state index contributed by atoms with van der Waals surface area (Å²) >= 11 is 0. The number of allylic oxidation sites excluding steroid dienone is 2. The molecule has 0 aliphatic carbocycles. The largest absolute Gasteiger partial charge is 0.0885 e. The van der Waals surface area contributed by atoms with Crippen molar-refractivity contribution in [3.05, 3.63) is 60.2 Å². The maximum absolute atomic E-state index is 2.41. The Hall–Kier alpha value is -1.56. The maximum atomic E-state index is 2.41. The summed E-state index contributed by atoms with van der Waals surface area (Å²) in [7, 11) is 0. The molecule has 0 heterocycles. The molecular formula is C27H40. The van der Waals surface area contributed by atoms with Crippen LogP contribution in [0.2, 0.25) is 0 Å². The second kappa shape index (κ2) is 14.5. The van der Waals surface area contributed by atoms with Gasteiger partial charge < -0.3 is 0 Å². The van der Waals surface area contributed by atoms with Gasteiger partial charge >= 0.3 is 0 Å². The van der Waals surface area contributed by atoms with Crippen LogP contribution in [0.4, 0.5) is 0 Å². The van der Waals surface area contributed by atoms with E-state index < -0.39 is 0 Å². The average Bonchev–Trinajstić information content (AvgIpc) is 2.71. The maximum Gasteiger partial charge on any atom is -0.0152 e. The molecule has 2 rings (SSSR count). The Morgan fingerprint density at radius 1 is 0.593 bits per heavy atom. The molecule has 0 aromatic heterocycles. The fourth-order valence-electron chi connectivity index (χ4n) is 3.90. The predicted molar refractivity (Wildman–Crippen MR) is 122 cm³/mol. The summed E-state index contributed by atoms with van der Waals surface area (Å²) in [5.41, 5.74) is 1.52. The first kappa shape index (κ1) is 21.7. The Balaban J connectivity index is 1.43. The van der Waals surface area contributed by atoms with Crippen molar-refractivity contribution in [2.24, 2.45) is 0 Å². The van der Waals surface area contributed by atoms with E-state index in [9.17, 15) is 0 Å². The highest BCUT2D eigenvalue weighted by Crippen LogP contribution is 2.20. The Labute approximate surface area is 168 Å². The Morgan fingerprint density at radius 2 is 1.19 bits per heavy atom. The molecule has 2 aromatic carbocycles. The lowest BCUT2D eigenvalue weighted by molar-refractivity contribution is 0.581. The van der Waals surface area contributed by atoms with Gasteiger partial charge in [-0.1, -0.05) is 113 Å². The normalized spacial score (nSPS) is 11.6. The van der Waals surface area contributed by atoms with Crippen LogP contribution < -0.4 is 0 Å². The van der Waals surface area contributed by atoms with E-state index >= 15 is 0 Å². The van der Waals surface area contributed by atoms with E-state index in [0.29, 0.717) is 0 Å². The van der Waals surface area contributed by atoms with Crippen LogP contribution in [0.25, 0.3) is 10.8 Å². The van der Waals surface area contributed by atoms with Crippen LogP contribution in [0.3, 0.4) is 0 Å². The molecule has 0 amide bonds. The zero-order chi connectivity index (χ0) is 19.0. The number of unbranched alkanes of at least 4 members (excludes halogenated alkanes) is 11. The van der Waals surface area contributed by atoms with Crippen molar-refractivity contribution in [1.82, 2.24) is 0 Å². The topological polar surface area (TPSA) is 0 Å². The van der Waals surface area contributed by atoms with E-state index in [-0.39, 0.29) is 0 Å². The summed E-state index contributed by atoms with van der Waals surface area (Å²) < 4.78 is 0. The molecule has 0 aliphatic heterocycles. The minimum absolute atomic E-state index is 1.23. The number of fused-ring (bicyclic) bond motifs is 1. The number of rotatable bonds is 15. The second-order valence-electron chi connectivity index (χ2n) is 7.97. The van der Waals surface area contributed by atoms with Gasteiger partial charge in [-0.15, -0.1) is 0 Å². The molecule has 0 saturated carbocycles. The van der Waals surface area contributed by atoms with Crippen LogP contribution in [0.1, 0.15) is 96.0 Å². The van der Waals surface area contributed by atoms with Crippen LogP contribution in [0, 0.1) is 0 Å². The quantitative estimate of drug-likeness (QED) is 0.218. The minimum Gasteiger partial charge on any atom is -0.0885 e. The first-order valence-corrected chi connectivity index (χ1v) is 11.5. The average molecular weight is 365 g/mol. The van der Waals surface area contributed by atoms with Gasteiger partial charge in [-0.3, -0.25) is 0 Å². The zero-order valence-corrected chi connectivity index (χ0v) is 17.6. The molecule has 0 unspecified atom stereocenters. The molecule has 0 radical (unpaired) electrons. The predicted octanol–water partition coefficient (Wildman–Crippen LogP) is 9.03. The van der Waals surface area contributed by atoms with E-state index in [0.717, 1.165) is 0 Å². The summed E-state index contributed by atoms with van der Waals surface area (Å²) in [4.78, 5) is 0. The highest BCUT2D eigenvalue weighted by molar-refractivity contribution is 5.85. The second-order valence-corrected chi connectivity index (χ2v) is 7.97. The molecular weight excluding hydrogens is 324 g/mol. The Kier molecular flexibility index (Phi) is 11.7. The summed E-state index contributed by atoms with van der Waals surface area (Å²) in [6.45, 7) is 2.28. The molecule has 0 nitrogen and oxygen atoms in total. The lowest BCUT2D eigenvalue weighted by Gasteiger charge is -2.06. The molecule has 27 heavy (non-hydrogen) atoms. The van der Waals surface area contributed by atoms with Gasteiger partial charge in [0.25, 0.3) is 0 Å². The fraction of sp³-hybridized carbons (Fsp3) is 0.556. The zero-order valence-electron chi connectivity index (χ0n) is 17.6. The molecule has 0 N–H and O–H groups in total. The van der Waals surface area contributed by atoms with E-state index in [4.69, 9.17) is 0 Å². The fourth-order valence-corrected chi connectivity index (χ4v) is 3.90. The molecule has 0 saturated heterocycles. The summed E-state index contributed by atoms with van der Waals surface area (Å²) in [5.74, 6) is 0. The third kappa shape index (κ3) is 9.27. The monoisotopic (exact) mass is 364 g/mol. The van der Waals surface area contributed by atoms with Gasteiger partial charge in [0.05, 0.1) is 0 Å².